The quantitative estimate of drug-likeness (QED) is 0.301. The second-order valence-corrected chi connectivity index (χ2v) is 5.57. The summed E-state index contributed by atoms with van der Waals surface area (Å²) in [5, 5.41) is 16.6. The van der Waals surface area contributed by atoms with Crippen LogP contribution < -0.4 is 10.6 Å². The lowest BCUT2D eigenvalue weighted by molar-refractivity contribution is -0.384. The minimum atomic E-state index is -0.506. The summed E-state index contributed by atoms with van der Waals surface area (Å²) in [4.78, 5) is 37.4. The van der Waals surface area contributed by atoms with Crippen LogP contribution in [0.3, 0.4) is 0 Å². The zero-order chi connectivity index (χ0) is 19.3. The summed E-state index contributed by atoms with van der Waals surface area (Å²) in [6.07, 6.45) is 0. The molecular weight excluding hydrogens is 340 g/mol. The highest BCUT2D eigenvalue weighted by atomic mass is 16.6. The van der Waals surface area contributed by atoms with Crippen LogP contribution in [0.25, 0.3) is 0 Å². The smallest absolute Gasteiger partial charge is 0.339 e. The van der Waals surface area contributed by atoms with Crippen LogP contribution in [0, 0.1) is 24.0 Å². The maximum Gasteiger partial charge on any atom is 0.339 e. The normalized spacial score (nSPS) is 10.3. The van der Waals surface area contributed by atoms with E-state index in [-0.39, 0.29) is 23.8 Å². The maximum absolute atomic E-state index is 12.3. The Kier molecular flexibility index (Phi) is 5.94. The number of hydrogen-bond donors (Lipinski definition) is 3. The monoisotopic (exact) mass is 360 g/mol. The van der Waals surface area contributed by atoms with Gasteiger partial charge in [-0.05, 0) is 25.5 Å². The number of ether oxygens (including phenoxy) is 1. The van der Waals surface area contributed by atoms with E-state index in [1.807, 2.05) is 0 Å². The number of hydrogen-bond acceptors (Lipinski definition) is 6. The standard InChI is InChI=1S/C17H20N4O5/c1-10-14(17(23)26-3)11(2)20-15(10)16(22)19-9-8-18-12-6-4-5-7-13(12)21(24)25/h4-7,18,20H,8-9H2,1-3H3,(H,19,22). The van der Waals surface area contributed by atoms with Crippen molar-refractivity contribution in [1.82, 2.24) is 10.3 Å². The predicted octanol–water partition coefficient (Wildman–Crippen LogP) is 2.17. The largest absolute Gasteiger partial charge is 0.465 e. The van der Waals surface area contributed by atoms with Crippen LogP contribution in [0.15, 0.2) is 24.3 Å². The number of H-pyrrole nitrogens is 1. The van der Waals surface area contributed by atoms with Gasteiger partial charge in [-0.15, -0.1) is 0 Å². The third-order valence-electron chi connectivity index (χ3n) is 3.88. The van der Waals surface area contributed by atoms with Crippen LogP contribution in [-0.4, -0.2) is 42.0 Å². The van der Waals surface area contributed by atoms with Crippen molar-refractivity contribution in [1.29, 1.82) is 0 Å². The lowest BCUT2D eigenvalue weighted by Crippen LogP contribution is -2.29. The number of esters is 1. The molecule has 1 amide bonds. The zero-order valence-corrected chi connectivity index (χ0v) is 14.7. The van der Waals surface area contributed by atoms with E-state index in [4.69, 9.17) is 4.74 Å². The third-order valence-corrected chi connectivity index (χ3v) is 3.88. The van der Waals surface area contributed by atoms with Crippen molar-refractivity contribution < 1.29 is 19.2 Å². The second-order valence-electron chi connectivity index (χ2n) is 5.57. The average molecular weight is 360 g/mol. The first-order valence-corrected chi connectivity index (χ1v) is 7.89. The molecule has 0 fully saturated rings. The summed E-state index contributed by atoms with van der Waals surface area (Å²) in [6, 6.07) is 6.27. The number of rotatable bonds is 7. The van der Waals surface area contributed by atoms with E-state index in [2.05, 4.69) is 15.6 Å². The van der Waals surface area contributed by atoms with E-state index in [1.54, 1.807) is 32.0 Å². The van der Waals surface area contributed by atoms with Gasteiger partial charge in [0.05, 0.1) is 17.6 Å². The molecular formula is C17H20N4O5. The topological polar surface area (TPSA) is 126 Å². The summed E-state index contributed by atoms with van der Waals surface area (Å²) >= 11 is 0. The van der Waals surface area contributed by atoms with Crippen LogP contribution in [0.4, 0.5) is 11.4 Å². The fourth-order valence-electron chi connectivity index (χ4n) is 2.63. The Morgan fingerprint density at radius 3 is 2.58 bits per heavy atom. The predicted molar refractivity (Wildman–Crippen MR) is 95.5 cm³/mol. The Labute approximate surface area is 149 Å². The number of carbonyl (C=O) groups is 2. The van der Waals surface area contributed by atoms with Crippen LogP contribution in [0.1, 0.15) is 32.1 Å². The van der Waals surface area contributed by atoms with Gasteiger partial charge in [0.15, 0.2) is 0 Å². The van der Waals surface area contributed by atoms with Gasteiger partial charge in [-0.1, -0.05) is 12.1 Å². The van der Waals surface area contributed by atoms with Gasteiger partial charge in [-0.2, -0.15) is 0 Å². The summed E-state index contributed by atoms with van der Waals surface area (Å²) < 4.78 is 4.71. The zero-order valence-electron chi connectivity index (χ0n) is 14.7. The summed E-state index contributed by atoms with van der Waals surface area (Å²) in [5.41, 5.74) is 2.05. The molecule has 0 unspecified atom stereocenters. The molecule has 0 atom stereocenters. The van der Waals surface area contributed by atoms with Gasteiger partial charge in [-0.3, -0.25) is 14.9 Å². The SMILES string of the molecule is COC(=O)c1c(C)[nH]c(C(=O)NCCNc2ccccc2[N+](=O)[O-])c1C. The molecule has 26 heavy (non-hydrogen) atoms. The number of nitrogens with one attached hydrogen (secondary N) is 3. The van der Waals surface area contributed by atoms with Crippen molar-refractivity contribution >= 4 is 23.3 Å². The van der Waals surface area contributed by atoms with Gasteiger partial charge < -0.3 is 20.4 Å². The Hall–Kier alpha value is -3.36. The minimum absolute atomic E-state index is 0.0302. The fraction of sp³-hybridized carbons (Fsp3) is 0.294. The molecule has 0 aliphatic heterocycles. The van der Waals surface area contributed by atoms with Gasteiger partial charge in [0.25, 0.3) is 11.6 Å². The van der Waals surface area contributed by atoms with E-state index in [1.165, 1.54) is 13.2 Å². The van der Waals surface area contributed by atoms with E-state index in [0.29, 0.717) is 29.1 Å². The highest BCUT2D eigenvalue weighted by molar-refractivity contribution is 6.00. The number of benzene rings is 1. The van der Waals surface area contributed by atoms with E-state index in [0.717, 1.165) is 0 Å². The van der Waals surface area contributed by atoms with Crippen molar-refractivity contribution in [2.45, 2.75) is 13.8 Å². The molecule has 0 saturated carbocycles. The maximum atomic E-state index is 12.3. The Morgan fingerprint density at radius 1 is 1.23 bits per heavy atom. The number of carbonyl (C=O) groups excluding carboxylic acids is 2. The molecule has 1 aromatic carbocycles. The van der Waals surface area contributed by atoms with Gasteiger partial charge in [0, 0.05) is 24.8 Å². The van der Waals surface area contributed by atoms with E-state index < -0.39 is 10.9 Å². The number of aromatic nitrogens is 1. The number of para-hydroxylation sites is 2. The fourth-order valence-corrected chi connectivity index (χ4v) is 2.63. The van der Waals surface area contributed by atoms with Crippen molar-refractivity contribution in [3.63, 3.8) is 0 Å². The molecule has 0 saturated heterocycles. The van der Waals surface area contributed by atoms with Gasteiger partial charge >= 0.3 is 5.97 Å². The van der Waals surface area contributed by atoms with Crippen LogP contribution in [0.5, 0.6) is 0 Å². The van der Waals surface area contributed by atoms with Gasteiger partial charge in [0.2, 0.25) is 0 Å². The number of anilines is 1. The lowest BCUT2D eigenvalue weighted by Gasteiger charge is -2.08. The molecule has 0 bridgehead atoms. The molecule has 0 aliphatic rings. The van der Waals surface area contributed by atoms with E-state index in [9.17, 15) is 19.7 Å². The first kappa shape index (κ1) is 19.0. The highest BCUT2D eigenvalue weighted by Crippen LogP contribution is 2.22. The first-order valence-electron chi connectivity index (χ1n) is 7.89. The molecule has 1 aromatic heterocycles. The summed E-state index contributed by atoms with van der Waals surface area (Å²) in [5.74, 6) is -0.876. The van der Waals surface area contributed by atoms with Crippen LogP contribution >= 0.6 is 0 Å². The molecule has 3 N–H and O–H groups in total. The molecule has 1 heterocycles. The van der Waals surface area contributed by atoms with Gasteiger partial charge in [-0.25, -0.2) is 4.79 Å². The second kappa shape index (κ2) is 8.15. The molecule has 9 nitrogen and oxygen atoms in total. The van der Waals surface area contributed by atoms with Crippen molar-refractivity contribution in [3.8, 4) is 0 Å². The van der Waals surface area contributed by atoms with Gasteiger partial charge in [0.1, 0.15) is 11.4 Å². The van der Waals surface area contributed by atoms with Crippen LogP contribution in [-0.2, 0) is 4.74 Å². The first-order chi connectivity index (χ1) is 12.4. The van der Waals surface area contributed by atoms with Crippen LogP contribution in [0.2, 0.25) is 0 Å². The molecule has 0 spiro atoms. The molecule has 2 aromatic rings. The number of nitrogens with zero attached hydrogens (tertiary/aromatic N) is 1. The number of nitro groups is 1. The summed E-state index contributed by atoms with van der Waals surface area (Å²) in [7, 11) is 1.28. The van der Waals surface area contributed by atoms with Crippen molar-refractivity contribution in [3.05, 3.63) is 56.9 Å². The Bertz CT molecular complexity index is 844. The molecule has 138 valence electrons. The molecule has 0 radical (unpaired) electrons. The molecule has 0 aliphatic carbocycles. The minimum Gasteiger partial charge on any atom is -0.465 e. The highest BCUT2D eigenvalue weighted by Gasteiger charge is 2.22. The number of aromatic amines is 1. The Morgan fingerprint density at radius 2 is 1.92 bits per heavy atom. The Balaban J connectivity index is 1.96. The number of amides is 1. The lowest BCUT2D eigenvalue weighted by atomic mass is 10.1. The molecule has 2 rings (SSSR count). The molecule has 9 heteroatoms. The third kappa shape index (κ3) is 4.00. The summed E-state index contributed by atoms with van der Waals surface area (Å²) in [6.45, 7) is 3.90. The average Bonchev–Trinajstić information content (AvgIpc) is 2.92. The number of methoxy groups -OCH3 is 1. The number of nitro benzene ring substituents is 1. The van der Waals surface area contributed by atoms with E-state index >= 15 is 0 Å². The van der Waals surface area contributed by atoms with Crippen molar-refractivity contribution in [2.24, 2.45) is 0 Å². The number of aryl methyl sites for hydroxylation is 1. The van der Waals surface area contributed by atoms with Crippen molar-refractivity contribution in [2.75, 3.05) is 25.5 Å².